The first kappa shape index (κ1) is 16.5. The first-order valence-electron chi connectivity index (χ1n) is 8.68. The molecule has 0 saturated carbocycles. The van der Waals surface area contributed by atoms with Crippen LogP contribution >= 0.6 is 0 Å². The molecule has 2 saturated heterocycles. The van der Waals surface area contributed by atoms with Gasteiger partial charge in [0, 0.05) is 33.4 Å². The molecule has 0 N–H and O–H groups in total. The van der Waals surface area contributed by atoms with Crippen molar-refractivity contribution in [1.29, 1.82) is 0 Å². The third-order valence-corrected chi connectivity index (χ3v) is 5.29. The van der Waals surface area contributed by atoms with E-state index in [0.29, 0.717) is 19.1 Å². The van der Waals surface area contributed by atoms with Gasteiger partial charge in [0.05, 0.1) is 12.0 Å². The molecule has 1 unspecified atom stereocenters. The molecule has 1 aromatic carbocycles. The summed E-state index contributed by atoms with van der Waals surface area (Å²) in [7, 11) is 1.74. The molecule has 0 radical (unpaired) electrons. The van der Waals surface area contributed by atoms with E-state index in [1.54, 1.807) is 7.11 Å². The Hall–Kier alpha value is -1.39. The highest BCUT2D eigenvalue weighted by Gasteiger charge is 2.44. The van der Waals surface area contributed by atoms with Gasteiger partial charge in [-0.1, -0.05) is 30.3 Å². The lowest BCUT2D eigenvalue weighted by molar-refractivity contribution is -0.143. The number of ether oxygens (including phenoxy) is 2. The Bertz CT molecular complexity index is 509. The molecule has 4 nitrogen and oxygen atoms in total. The predicted octanol–water partition coefficient (Wildman–Crippen LogP) is 2.62. The van der Waals surface area contributed by atoms with Crippen molar-refractivity contribution < 1.29 is 14.3 Å². The number of hydrogen-bond acceptors (Lipinski definition) is 3. The van der Waals surface area contributed by atoms with Crippen LogP contribution in [0.2, 0.25) is 0 Å². The van der Waals surface area contributed by atoms with Crippen molar-refractivity contribution >= 4 is 5.91 Å². The van der Waals surface area contributed by atoms with E-state index in [0.717, 1.165) is 50.9 Å². The van der Waals surface area contributed by atoms with Crippen molar-refractivity contribution in [2.45, 2.75) is 31.1 Å². The summed E-state index contributed by atoms with van der Waals surface area (Å²) in [5, 5.41) is 0. The van der Waals surface area contributed by atoms with Crippen LogP contribution < -0.4 is 0 Å². The summed E-state index contributed by atoms with van der Waals surface area (Å²) in [5.41, 5.74) is 0.733. The summed E-state index contributed by atoms with van der Waals surface area (Å²) in [5.74, 6) is 0.748. The molecule has 2 aliphatic heterocycles. The van der Waals surface area contributed by atoms with Crippen LogP contribution in [0.25, 0.3) is 0 Å². The molecule has 23 heavy (non-hydrogen) atoms. The molecule has 0 spiro atoms. The molecule has 2 fully saturated rings. The van der Waals surface area contributed by atoms with Gasteiger partial charge in [0.15, 0.2) is 0 Å². The second-order valence-corrected chi connectivity index (χ2v) is 6.78. The van der Waals surface area contributed by atoms with E-state index in [1.807, 2.05) is 18.2 Å². The zero-order valence-electron chi connectivity index (χ0n) is 14.0. The van der Waals surface area contributed by atoms with Crippen LogP contribution in [0.3, 0.4) is 0 Å². The van der Waals surface area contributed by atoms with Crippen LogP contribution in [-0.2, 0) is 19.7 Å². The molecule has 2 heterocycles. The van der Waals surface area contributed by atoms with E-state index in [9.17, 15) is 4.79 Å². The molecular formula is C19H27NO3. The fourth-order valence-electron chi connectivity index (χ4n) is 4.03. The second-order valence-electron chi connectivity index (χ2n) is 6.78. The fraction of sp³-hybridized carbons (Fsp3) is 0.632. The zero-order chi connectivity index (χ0) is 16.1. The number of carbonyl (C=O) groups is 1. The quantitative estimate of drug-likeness (QED) is 0.857. The lowest BCUT2D eigenvalue weighted by Crippen LogP contribution is -2.53. The van der Waals surface area contributed by atoms with Crippen molar-refractivity contribution in [2.75, 3.05) is 40.0 Å². The van der Waals surface area contributed by atoms with E-state index in [1.165, 1.54) is 0 Å². The summed E-state index contributed by atoms with van der Waals surface area (Å²) in [6, 6.07) is 10.3. The number of benzene rings is 1. The average molecular weight is 317 g/mol. The standard InChI is InChI=1S/C19H27NO3/c1-22-15-16-6-5-11-20(14-16)18(21)19(9-12-23-13-10-19)17-7-3-2-4-8-17/h2-4,7-8,16H,5-6,9-15H2,1H3. The lowest BCUT2D eigenvalue weighted by atomic mass is 9.72. The largest absolute Gasteiger partial charge is 0.384 e. The van der Waals surface area contributed by atoms with E-state index >= 15 is 0 Å². The highest BCUT2D eigenvalue weighted by Crippen LogP contribution is 2.37. The van der Waals surface area contributed by atoms with Crippen LogP contribution in [0.1, 0.15) is 31.2 Å². The van der Waals surface area contributed by atoms with E-state index < -0.39 is 5.41 Å². The predicted molar refractivity (Wildman–Crippen MR) is 89.4 cm³/mol. The SMILES string of the molecule is COCC1CCCN(C(=O)C2(c3ccccc3)CCOCC2)C1. The van der Waals surface area contributed by atoms with Gasteiger partial charge in [-0.25, -0.2) is 0 Å². The van der Waals surface area contributed by atoms with E-state index in [-0.39, 0.29) is 5.91 Å². The maximum absolute atomic E-state index is 13.5. The van der Waals surface area contributed by atoms with Crippen molar-refractivity contribution in [3.8, 4) is 0 Å². The van der Waals surface area contributed by atoms with Gasteiger partial charge in [-0.3, -0.25) is 4.79 Å². The van der Waals surface area contributed by atoms with Gasteiger partial charge < -0.3 is 14.4 Å². The first-order chi connectivity index (χ1) is 11.3. The molecule has 0 aliphatic carbocycles. The second kappa shape index (κ2) is 7.45. The van der Waals surface area contributed by atoms with Gasteiger partial charge in [-0.2, -0.15) is 0 Å². The number of rotatable bonds is 4. The van der Waals surface area contributed by atoms with Crippen LogP contribution in [0, 0.1) is 5.92 Å². The van der Waals surface area contributed by atoms with Crippen LogP contribution in [0.15, 0.2) is 30.3 Å². The highest BCUT2D eigenvalue weighted by molar-refractivity contribution is 5.88. The number of methoxy groups -OCH3 is 1. The van der Waals surface area contributed by atoms with Crippen molar-refractivity contribution in [1.82, 2.24) is 4.90 Å². The normalized spacial score (nSPS) is 24.4. The Morgan fingerprint density at radius 1 is 1.30 bits per heavy atom. The van der Waals surface area contributed by atoms with Crippen molar-refractivity contribution in [2.24, 2.45) is 5.92 Å². The molecule has 3 rings (SSSR count). The van der Waals surface area contributed by atoms with Crippen LogP contribution in [0.5, 0.6) is 0 Å². The average Bonchev–Trinajstić information content (AvgIpc) is 2.63. The molecule has 0 aromatic heterocycles. The molecule has 1 atom stereocenters. The number of nitrogens with zero attached hydrogens (tertiary/aromatic N) is 1. The topological polar surface area (TPSA) is 38.8 Å². The first-order valence-corrected chi connectivity index (χ1v) is 8.68. The minimum Gasteiger partial charge on any atom is -0.384 e. The number of piperidine rings is 1. The minimum atomic E-state index is -0.408. The van der Waals surface area contributed by atoms with Gasteiger partial charge >= 0.3 is 0 Å². The summed E-state index contributed by atoms with van der Waals surface area (Å²) in [6.07, 6.45) is 3.78. The van der Waals surface area contributed by atoms with Gasteiger partial charge in [0.25, 0.3) is 0 Å². The van der Waals surface area contributed by atoms with Gasteiger partial charge in [-0.15, -0.1) is 0 Å². The van der Waals surface area contributed by atoms with Crippen molar-refractivity contribution in [3.05, 3.63) is 35.9 Å². The van der Waals surface area contributed by atoms with Gasteiger partial charge in [-0.05, 0) is 37.2 Å². The monoisotopic (exact) mass is 317 g/mol. The molecule has 126 valence electrons. The van der Waals surface area contributed by atoms with Gasteiger partial charge in [0.1, 0.15) is 0 Å². The van der Waals surface area contributed by atoms with Crippen molar-refractivity contribution in [3.63, 3.8) is 0 Å². The molecular weight excluding hydrogens is 290 g/mol. The fourth-order valence-corrected chi connectivity index (χ4v) is 4.03. The maximum atomic E-state index is 13.5. The molecule has 1 aromatic rings. The summed E-state index contributed by atoms with van der Waals surface area (Å²) >= 11 is 0. The Kier molecular flexibility index (Phi) is 5.34. The molecule has 1 amide bonds. The Morgan fingerprint density at radius 3 is 2.74 bits per heavy atom. The number of amides is 1. The smallest absolute Gasteiger partial charge is 0.233 e. The number of hydrogen-bond donors (Lipinski definition) is 0. The van der Waals surface area contributed by atoms with Crippen LogP contribution in [-0.4, -0.2) is 50.8 Å². The van der Waals surface area contributed by atoms with Crippen LogP contribution in [0.4, 0.5) is 0 Å². The van der Waals surface area contributed by atoms with E-state index in [4.69, 9.17) is 9.47 Å². The Balaban J connectivity index is 1.83. The summed E-state index contributed by atoms with van der Waals surface area (Å²) in [6.45, 7) is 3.76. The summed E-state index contributed by atoms with van der Waals surface area (Å²) < 4.78 is 10.9. The minimum absolute atomic E-state index is 0.285. The third kappa shape index (κ3) is 3.43. The molecule has 0 bridgehead atoms. The maximum Gasteiger partial charge on any atom is 0.233 e. The molecule has 4 heteroatoms. The van der Waals surface area contributed by atoms with E-state index in [2.05, 4.69) is 17.0 Å². The molecule has 2 aliphatic rings. The Labute approximate surface area is 138 Å². The zero-order valence-corrected chi connectivity index (χ0v) is 14.0. The highest BCUT2D eigenvalue weighted by atomic mass is 16.5. The van der Waals surface area contributed by atoms with Gasteiger partial charge in [0.2, 0.25) is 5.91 Å². The third-order valence-electron chi connectivity index (χ3n) is 5.29. The summed E-state index contributed by atoms with van der Waals surface area (Å²) in [4.78, 5) is 15.5. The Morgan fingerprint density at radius 2 is 2.04 bits per heavy atom. The number of likely N-dealkylation sites (tertiary alicyclic amines) is 1. The lowest BCUT2D eigenvalue weighted by Gasteiger charge is -2.42. The number of carbonyl (C=O) groups excluding carboxylic acids is 1.